The number of aryl methyl sites for hydroxylation is 1. The second-order valence-corrected chi connectivity index (χ2v) is 7.66. The molecule has 0 aliphatic heterocycles. The molecule has 0 fully saturated rings. The van der Waals surface area contributed by atoms with Crippen molar-refractivity contribution < 1.29 is 9.53 Å². The summed E-state index contributed by atoms with van der Waals surface area (Å²) in [6.07, 6.45) is 0. The van der Waals surface area contributed by atoms with Crippen LogP contribution >= 0.6 is 23.4 Å². The molecule has 1 amide bonds. The monoisotopic (exact) mass is 430 g/mol. The summed E-state index contributed by atoms with van der Waals surface area (Å²) >= 11 is 7.60. The van der Waals surface area contributed by atoms with Crippen LogP contribution in [0.4, 0.5) is 5.69 Å². The smallest absolute Gasteiger partial charge is 0.234 e. The lowest BCUT2D eigenvalue weighted by Crippen LogP contribution is -2.14. The van der Waals surface area contributed by atoms with Crippen molar-refractivity contribution in [1.29, 1.82) is 0 Å². The zero-order valence-electron chi connectivity index (χ0n) is 16.6. The zero-order chi connectivity index (χ0) is 20.8. The molecule has 1 aromatic heterocycles. The number of aromatic nitrogens is 3. The van der Waals surface area contributed by atoms with Crippen LogP contribution in [0.5, 0.6) is 5.75 Å². The molecule has 6 nitrogen and oxygen atoms in total. The van der Waals surface area contributed by atoms with Gasteiger partial charge in [-0.3, -0.25) is 4.79 Å². The van der Waals surface area contributed by atoms with Gasteiger partial charge < -0.3 is 14.6 Å². The van der Waals surface area contributed by atoms with Gasteiger partial charge in [0.2, 0.25) is 5.91 Å². The van der Waals surface area contributed by atoms with Gasteiger partial charge in [0.1, 0.15) is 5.75 Å². The van der Waals surface area contributed by atoms with Crippen molar-refractivity contribution in [3.63, 3.8) is 0 Å². The number of hydrogen-bond donors (Lipinski definition) is 1. The van der Waals surface area contributed by atoms with Crippen LogP contribution in [0.25, 0.3) is 11.4 Å². The van der Waals surface area contributed by atoms with Gasteiger partial charge in [-0.25, -0.2) is 0 Å². The Kier molecular flexibility index (Phi) is 7.17. The number of ether oxygens (including phenoxy) is 1. The average Bonchev–Trinajstić information content (AvgIpc) is 3.13. The number of amides is 1. The van der Waals surface area contributed by atoms with E-state index in [0.29, 0.717) is 23.3 Å². The van der Waals surface area contributed by atoms with Crippen LogP contribution < -0.4 is 10.1 Å². The normalized spacial score (nSPS) is 10.8. The lowest BCUT2D eigenvalue weighted by Gasteiger charge is -2.09. The quantitative estimate of drug-likeness (QED) is 0.506. The molecule has 1 heterocycles. The maximum atomic E-state index is 12.3. The summed E-state index contributed by atoms with van der Waals surface area (Å²) in [4.78, 5) is 12.3. The maximum absolute atomic E-state index is 12.3. The van der Waals surface area contributed by atoms with Crippen molar-refractivity contribution >= 4 is 35.0 Å². The molecule has 0 bridgehead atoms. The summed E-state index contributed by atoms with van der Waals surface area (Å²) in [5.41, 5.74) is 2.64. The van der Waals surface area contributed by atoms with E-state index in [4.69, 9.17) is 16.3 Å². The van der Waals surface area contributed by atoms with Gasteiger partial charge in [-0.15, -0.1) is 10.2 Å². The fourth-order valence-electron chi connectivity index (χ4n) is 2.75. The number of nitrogens with one attached hydrogen (secondary N) is 1. The minimum atomic E-state index is -0.107. The van der Waals surface area contributed by atoms with Gasteiger partial charge in [-0.2, -0.15) is 0 Å². The maximum Gasteiger partial charge on any atom is 0.234 e. The Hall–Kier alpha value is -2.51. The number of rotatable bonds is 8. The predicted octanol–water partition coefficient (Wildman–Crippen LogP) is 5.06. The van der Waals surface area contributed by atoms with Crippen LogP contribution in [0.2, 0.25) is 5.02 Å². The number of anilines is 1. The average molecular weight is 431 g/mol. The van der Waals surface area contributed by atoms with Gasteiger partial charge in [-0.05, 0) is 56.7 Å². The molecule has 0 saturated heterocycles. The summed E-state index contributed by atoms with van der Waals surface area (Å²) in [5.74, 6) is 1.65. The minimum absolute atomic E-state index is 0.107. The first-order chi connectivity index (χ1) is 14.0. The van der Waals surface area contributed by atoms with Gasteiger partial charge in [0, 0.05) is 22.8 Å². The summed E-state index contributed by atoms with van der Waals surface area (Å²) in [5, 5.41) is 12.8. The second kappa shape index (κ2) is 9.80. The molecular weight excluding hydrogens is 408 g/mol. The highest BCUT2D eigenvalue weighted by Gasteiger charge is 2.15. The number of carbonyl (C=O) groups is 1. The third-order valence-corrected chi connectivity index (χ3v) is 5.62. The molecule has 3 rings (SSSR count). The lowest BCUT2D eigenvalue weighted by atomic mass is 10.1. The van der Waals surface area contributed by atoms with E-state index in [1.54, 1.807) is 0 Å². The van der Waals surface area contributed by atoms with E-state index in [-0.39, 0.29) is 11.7 Å². The Balaban J connectivity index is 1.65. The van der Waals surface area contributed by atoms with Crippen molar-refractivity contribution in [3.8, 4) is 17.1 Å². The summed E-state index contributed by atoms with van der Waals surface area (Å²) in [7, 11) is 0. The molecule has 0 aliphatic carbocycles. The molecule has 3 aromatic rings. The first-order valence-corrected chi connectivity index (χ1v) is 10.7. The van der Waals surface area contributed by atoms with E-state index in [2.05, 4.69) is 15.5 Å². The molecule has 152 valence electrons. The van der Waals surface area contributed by atoms with E-state index in [1.165, 1.54) is 11.8 Å². The molecule has 0 saturated carbocycles. The number of thioether (sulfide) groups is 1. The zero-order valence-corrected chi connectivity index (χ0v) is 18.2. The lowest BCUT2D eigenvalue weighted by molar-refractivity contribution is -0.113. The van der Waals surface area contributed by atoms with Gasteiger partial charge >= 0.3 is 0 Å². The van der Waals surface area contributed by atoms with Gasteiger partial charge in [0.15, 0.2) is 11.0 Å². The van der Waals surface area contributed by atoms with E-state index >= 15 is 0 Å². The van der Waals surface area contributed by atoms with Crippen LogP contribution in [-0.2, 0) is 11.3 Å². The Bertz CT molecular complexity index is 989. The molecule has 8 heteroatoms. The van der Waals surface area contributed by atoms with Crippen LogP contribution in [0.15, 0.2) is 47.6 Å². The second-order valence-electron chi connectivity index (χ2n) is 6.31. The fourth-order valence-corrected chi connectivity index (χ4v) is 3.74. The molecule has 0 radical (unpaired) electrons. The van der Waals surface area contributed by atoms with E-state index in [9.17, 15) is 4.79 Å². The SMILES string of the molecule is CCOc1ccc(NC(=O)CSc2nnc(-c3ccc(C)c(Cl)c3)n2CC)cc1. The summed E-state index contributed by atoms with van der Waals surface area (Å²) in [6.45, 7) is 7.21. The first-order valence-electron chi connectivity index (χ1n) is 9.37. The fraction of sp³-hybridized carbons (Fsp3) is 0.286. The van der Waals surface area contributed by atoms with Gasteiger partial charge in [-0.1, -0.05) is 35.5 Å². The minimum Gasteiger partial charge on any atom is -0.494 e. The van der Waals surface area contributed by atoms with E-state index < -0.39 is 0 Å². The Morgan fingerprint density at radius 3 is 2.59 bits per heavy atom. The van der Waals surface area contributed by atoms with Crippen LogP contribution in [-0.4, -0.2) is 33.0 Å². The molecule has 0 atom stereocenters. The highest BCUT2D eigenvalue weighted by molar-refractivity contribution is 7.99. The third kappa shape index (κ3) is 5.31. The highest BCUT2D eigenvalue weighted by atomic mass is 35.5. The summed E-state index contributed by atoms with van der Waals surface area (Å²) < 4.78 is 7.39. The molecule has 0 aliphatic rings. The Morgan fingerprint density at radius 1 is 1.17 bits per heavy atom. The number of hydrogen-bond acceptors (Lipinski definition) is 5. The van der Waals surface area contributed by atoms with E-state index in [0.717, 1.165) is 28.4 Å². The number of nitrogens with zero attached hydrogens (tertiary/aromatic N) is 3. The number of carbonyl (C=O) groups excluding carboxylic acids is 1. The molecule has 1 N–H and O–H groups in total. The Morgan fingerprint density at radius 2 is 1.93 bits per heavy atom. The van der Waals surface area contributed by atoms with Crippen molar-refractivity contribution in [2.24, 2.45) is 0 Å². The van der Waals surface area contributed by atoms with Gasteiger partial charge in [0.05, 0.1) is 12.4 Å². The Labute approximate surface area is 179 Å². The molecule has 0 unspecified atom stereocenters. The molecule has 2 aromatic carbocycles. The predicted molar refractivity (Wildman–Crippen MR) is 118 cm³/mol. The largest absolute Gasteiger partial charge is 0.494 e. The van der Waals surface area contributed by atoms with Crippen molar-refractivity contribution in [2.45, 2.75) is 32.5 Å². The van der Waals surface area contributed by atoms with Crippen LogP contribution in [0, 0.1) is 6.92 Å². The molecule has 29 heavy (non-hydrogen) atoms. The van der Waals surface area contributed by atoms with Crippen molar-refractivity contribution in [2.75, 3.05) is 17.7 Å². The molecule has 0 spiro atoms. The first kappa shape index (κ1) is 21.2. The van der Waals surface area contributed by atoms with Crippen molar-refractivity contribution in [3.05, 3.63) is 53.1 Å². The van der Waals surface area contributed by atoms with Crippen LogP contribution in [0.3, 0.4) is 0 Å². The summed E-state index contributed by atoms with van der Waals surface area (Å²) in [6, 6.07) is 13.1. The standard InChI is InChI=1S/C21H23ClN4O2S/c1-4-26-20(15-7-6-14(3)18(22)12-15)24-25-21(26)29-13-19(27)23-16-8-10-17(11-9-16)28-5-2/h6-12H,4-5,13H2,1-3H3,(H,23,27). The van der Waals surface area contributed by atoms with Crippen LogP contribution in [0.1, 0.15) is 19.4 Å². The van der Waals surface area contributed by atoms with Gasteiger partial charge in [0.25, 0.3) is 0 Å². The highest BCUT2D eigenvalue weighted by Crippen LogP contribution is 2.27. The molecular formula is C21H23ClN4O2S. The van der Waals surface area contributed by atoms with E-state index in [1.807, 2.05) is 67.8 Å². The number of benzene rings is 2. The third-order valence-electron chi connectivity index (χ3n) is 4.24. The number of halogens is 1. The van der Waals surface area contributed by atoms with Crippen molar-refractivity contribution in [1.82, 2.24) is 14.8 Å². The topological polar surface area (TPSA) is 69.0 Å².